The molecule has 0 saturated heterocycles. The zero-order chi connectivity index (χ0) is 16.3. The maximum atomic E-state index is 12.3. The summed E-state index contributed by atoms with van der Waals surface area (Å²) in [6.07, 6.45) is 3.45. The summed E-state index contributed by atoms with van der Waals surface area (Å²) in [6.45, 7) is 0.182. The molecule has 3 aromatic rings. The second-order valence-corrected chi connectivity index (χ2v) is 7.59. The highest BCUT2D eigenvalue weighted by atomic mass is 79.9. The van der Waals surface area contributed by atoms with Crippen LogP contribution in [0.25, 0.3) is 5.69 Å². The highest BCUT2D eigenvalue weighted by Crippen LogP contribution is 2.16. The van der Waals surface area contributed by atoms with E-state index in [9.17, 15) is 8.42 Å². The Morgan fingerprint density at radius 2 is 1.87 bits per heavy atom. The first-order chi connectivity index (χ1) is 11.0. The molecule has 5 nitrogen and oxygen atoms in total. The van der Waals surface area contributed by atoms with E-state index in [0.29, 0.717) is 0 Å². The van der Waals surface area contributed by atoms with E-state index in [0.717, 1.165) is 15.7 Å². The summed E-state index contributed by atoms with van der Waals surface area (Å²) in [5, 5.41) is 4.25. The summed E-state index contributed by atoms with van der Waals surface area (Å²) < 4.78 is 29.6. The highest BCUT2D eigenvalue weighted by molar-refractivity contribution is 9.10. The molecule has 0 aliphatic heterocycles. The fourth-order valence-corrected chi connectivity index (χ4v) is 3.68. The van der Waals surface area contributed by atoms with Crippen LogP contribution in [0.15, 0.2) is 76.4 Å². The minimum atomic E-state index is -3.55. The Hall–Kier alpha value is -1.96. The molecule has 1 heterocycles. The van der Waals surface area contributed by atoms with Gasteiger partial charge in [-0.3, -0.25) is 0 Å². The van der Waals surface area contributed by atoms with Crippen molar-refractivity contribution >= 4 is 26.0 Å². The van der Waals surface area contributed by atoms with Gasteiger partial charge in [0.05, 0.1) is 16.8 Å². The predicted molar refractivity (Wildman–Crippen MR) is 91.7 cm³/mol. The van der Waals surface area contributed by atoms with E-state index in [-0.39, 0.29) is 11.4 Å². The standard InChI is InChI=1S/C16H14BrN3O2S/c17-14-5-4-8-16(9-14)23(21,22)19-11-13-10-18-20(12-13)15-6-2-1-3-7-15/h1-10,12,19H,11H2. The van der Waals surface area contributed by atoms with Crippen LogP contribution >= 0.6 is 15.9 Å². The monoisotopic (exact) mass is 391 g/mol. The van der Waals surface area contributed by atoms with E-state index in [2.05, 4.69) is 25.8 Å². The van der Waals surface area contributed by atoms with Crippen molar-refractivity contribution in [1.29, 1.82) is 0 Å². The number of hydrogen-bond donors (Lipinski definition) is 1. The number of hydrogen-bond acceptors (Lipinski definition) is 3. The van der Waals surface area contributed by atoms with Gasteiger partial charge in [0.25, 0.3) is 0 Å². The van der Waals surface area contributed by atoms with Crippen LogP contribution in [0.2, 0.25) is 0 Å². The van der Waals surface area contributed by atoms with Crippen LogP contribution in [0.4, 0.5) is 0 Å². The molecule has 2 aromatic carbocycles. The minimum Gasteiger partial charge on any atom is -0.241 e. The van der Waals surface area contributed by atoms with Gasteiger partial charge in [-0.2, -0.15) is 5.10 Å². The zero-order valence-corrected chi connectivity index (χ0v) is 14.5. The van der Waals surface area contributed by atoms with E-state index < -0.39 is 10.0 Å². The molecule has 118 valence electrons. The number of halogens is 1. The van der Waals surface area contributed by atoms with Gasteiger partial charge in [0, 0.05) is 22.8 Å². The quantitative estimate of drug-likeness (QED) is 0.726. The van der Waals surface area contributed by atoms with Crippen LogP contribution in [0.3, 0.4) is 0 Å². The number of nitrogens with one attached hydrogen (secondary N) is 1. The van der Waals surface area contributed by atoms with Gasteiger partial charge in [0.15, 0.2) is 0 Å². The highest BCUT2D eigenvalue weighted by Gasteiger charge is 2.14. The van der Waals surface area contributed by atoms with Gasteiger partial charge in [-0.15, -0.1) is 0 Å². The lowest BCUT2D eigenvalue weighted by atomic mass is 10.3. The topological polar surface area (TPSA) is 64.0 Å². The zero-order valence-electron chi connectivity index (χ0n) is 12.1. The first-order valence-corrected chi connectivity index (χ1v) is 9.16. The van der Waals surface area contributed by atoms with Gasteiger partial charge in [-0.1, -0.05) is 40.2 Å². The Kier molecular flexibility index (Phi) is 4.61. The Morgan fingerprint density at radius 3 is 2.61 bits per heavy atom. The molecule has 0 aliphatic carbocycles. The van der Waals surface area contributed by atoms with E-state index in [1.54, 1.807) is 41.3 Å². The van der Waals surface area contributed by atoms with E-state index in [1.807, 2.05) is 30.3 Å². The second kappa shape index (κ2) is 6.66. The summed E-state index contributed by atoms with van der Waals surface area (Å²) in [5.74, 6) is 0. The number of nitrogens with zero attached hydrogens (tertiary/aromatic N) is 2. The lowest BCUT2D eigenvalue weighted by Gasteiger charge is -2.06. The molecule has 23 heavy (non-hydrogen) atoms. The van der Waals surface area contributed by atoms with Crippen LogP contribution in [0.5, 0.6) is 0 Å². The van der Waals surface area contributed by atoms with Crippen LogP contribution in [0, 0.1) is 0 Å². The smallest absolute Gasteiger partial charge is 0.240 e. The van der Waals surface area contributed by atoms with E-state index >= 15 is 0 Å². The molecule has 7 heteroatoms. The summed E-state index contributed by atoms with van der Waals surface area (Å²) in [7, 11) is -3.55. The molecular formula is C16H14BrN3O2S. The molecule has 0 radical (unpaired) electrons. The molecule has 1 N–H and O–H groups in total. The predicted octanol–water partition coefficient (Wildman–Crippen LogP) is 3.11. The summed E-state index contributed by atoms with van der Waals surface area (Å²) in [6, 6.07) is 16.2. The third-order valence-corrected chi connectivity index (χ3v) is 5.12. The Bertz CT molecular complexity index is 908. The van der Waals surface area contributed by atoms with Crippen molar-refractivity contribution in [2.45, 2.75) is 11.4 Å². The van der Waals surface area contributed by atoms with Gasteiger partial charge in [0.2, 0.25) is 10.0 Å². The lowest BCUT2D eigenvalue weighted by molar-refractivity contribution is 0.581. The molecular weight excluding hydrogens is 378 g/mol. The van der Waals surface area contributed by atoms with Gasteiger partial charge in [-0.25, -0.2) is 17.8 Å². The molecule has 0 aliphatic rings. The SMILES string of the molecule is O=S(=O)(NCc1cnn(-c2ccccc2)c1)c1cccc(Br)c1. The van der Waals surface area contributed by atoms with E-state index in [4.69, 9.17) is 0 Å². The van der Waals surface area contributed by atoms with Crippen LogP contribution in [-0.4, -0.2) is 18.2 Å². The van der Waals surface area contributed by atoms with Gasteiger partial charge < -0.3 is 0 Å². The van der Waals surface area contributed by atoms with Crippen LogP contribution in [-0.2, 0) is 16.6 Å². The molecule has 0 bridgehead atoms. The Labute approximate surface area is 143 Å². The van der Waals surface area contributed by atoms with Crippen molar-refractivity contribution in [3.05, 3.63) is 77.0 Å². The molecule has 0 fully saturated rings. The molecule has 1 aromatic heterocycles. The third kappa shape index (κ3) is 3.87. The van der Waals surface area contributed by atoms with Gasteiger partial charge >= 0.3 is 0 Å². The van der Waals surface area contributed by atoms with Crippen LogP contribution in [0.1, 0.15) is 5.56 Å². The summed E-state index contributed by atoms with van der Waals surface area (Å²) in [4.78, 5) is 0.224. The molecule has 0 spiro atoms. The maximum absolute atomic E-state index is 12.3. The van der Waals surface area contributed by atoms with E-state index in [1.165, 1.54) is 0 Å². The van der Waals surface area contributed by atoms with Gasteiger partial charge in [0.1, 0.15) is 0 Å². The number of sulfonamides is 1. The fraction of sp³-hybridized carbons (Fsp3) is 0.0625. The number of benzene rings is 2. The fourth-order valence-electron chi connectivity index (χ4n) is 2.07. The van der Waals surface area contributed by atoms with Crippen molar-refractivity contribution in [3.8, 4) is 5.69 Å². The first-order valence-electron chi connectivity index (χ1n) is 6.89. The average Bonchev–Trinajstić information content (AvgIpc) is 3.03. The van der Waals surface area contributed by atoms with Crippen LogP contribution < -0.4 is 4.72 Å². The molecule has 0 amide bonds. The van der Waals surface area contributed by atoms with Crippen molar-refractivity contribution in [2.24, 2.45) is 0 Å². The Morgan fingerprint density at radius 1 is 1.09 bits per heavy atom. The minimum absolute atomic E-state index is 0.182. The normalized spacial score (nSPS) is 11.5. The first kappa shape index (κ1) is 15.9. The molecule has 0 atom stereocenters. The second-order valence-electron chi connectivity index (χ2n) is 4.91. The molecule has 0 saturated carbocycles. The number of para-hydroxylation sites is 1. The summed E-state index contributed by atoms with van der Waals surface area (Å²) in [5.41, 5.74) is 1.71. The van der Waals surface area contributed by atoms with Crippen molar-refractivity contribution < 1.29 is 8.42 Å². The molecule has 0 unspecified atom stereocenters. The van der Waals surface area contributed by atoms with Crippen molar-refractivity contribution in [3.63, 3.8) is 0 Å². The van der Waals surface area contributed by atoms with Gasteiger partial charge in [-0.05, 0) is 30.3 Å². The van der Waals surface area contributed by atoms with Crippen molar-refractivity contribution in [2.75, 3.05) is 0 Å². The summed E-state index contributed by atoms with van der Waals surface area (Å²) >= 11 is 3.27. The largest absolute Gasteiger partial charge is 0.241 e. The third-order valence-electron chi connectivity index (χ3n) is 3.23. The maximum Gasteiger partial charge on any atom is 0.240 e. The Balaban J connectivity index is 1.73. The number of rotatable bonds is 5. The molecule has 3 rings (SSSR count). The van der Waals surface area contributed by atoms with Crippen molar-refractivity contribution in [1.82, 2.24) is 14.5 Å². The average molecular weight is 392 g/mol. The lowest BCUT2D eigenvalue weighted by Crippen LogP contribution is -2.23. The number of aromatic nitrogens is 2.